The van der Waals surface area contributed by atoms with Gasteiger partial charge in [-0.3, -0.25) is 0 Å². The van der Waals surface area contributed by atoms with E-state index in [1.807, 2.05) is 0 Å². The zero-order valence-corrected chi connectivity index (χ0v) is 13.6. The minimum atomic E-state index is -0.406. The normalized spacial score (nSPS) is 21.5. The van der Waals surface area contributed by atoms with E-state index in [0.717, 1.165) is 39.3 Å². The monoisotopic (exact) mass is 310 g/mol. The standard InChI is InChI=1S/C14H26N6O2/c1-3-17-5-9-19(10-6-17)13(21)15-16-14(22)20-11-7-18(4-2)8-12-20/h3-12H2,1-2H3. The molecule has 2 rings (SSSR count). The molecule has 0 aliphatic carbocycles. The second-order valence-electron chi connectivity index (χ2n) is 5.61. The van der Waals surface area contributed by atoms with Crippen LogP contribution in [0.4, 0.5) is 9.59 Å². The number of rotatable bonds is 2. The molecule has 22 heavy (non-hydrogen) atoms. The zero-order chi connectivity index (χ0) is 15.9. The molecule has 124 valence electrons. The van der Waals surface area contributed by atoms with Crippen LogP contribution in [0.3, 0.4) is 0 Å². The number of piperazine rings is 2. The Morgan fingerprint density at radius 1 is 0.682 bits per heavy atom. The summed E-state index contributed by atoms with van der Waals surface area (Å²) in [6, 6.07) is -0.812. The second kappa shape index (κ2) is 8.19. The fraction of sp³-hybridized carbons (Fsp3) is 0.857. The predicted octanol–water partition coefficient (Wildman–Crippen LogP) is 0.954. The Hall–Kier alpha value is -1.54. The third-order valence-corrected chi connectivity index (χ3v) is 4.40. The summed E-state index contributed by atoms with van der Waals surface area (Å²) in [5.41, 5.74) is 0. The van der Waals surface area contributed by atoms with Crippen molar-refractivity contribution in [3.05, 3.63) is 0 Å². The molecule has 2 fully saturated rings. The van der Waals surface area contributed by atoms with Crippen LogP contribution in [-0.2, 0) is 0 Å². The molecule has 0 spiro atoms. The molecule has 4 amide bonds. The van der Waals surface area contributed by atoms with Crippen LogP contribution in [-0.4, -0.2) is 97.1 Å². The van der Waals surface area contributed by atoms with Crippen molar-refractivity contribution in [3.8, 4) is 0 Å². The van der Waals surface area contributed by atoms with E-state index in [-0.39, 0.29) is 0 Å². The molecule has 0 radical (unpaired) electrons. The van der Waals surface area contributed by atoms with Gasteiger partial charge in [0.2, 0.25) is 0 Å². The summed E-state index contributed by atoms with van der Waals surface area (Å²) in [6.07, 6.45) is 0. The number of hydrogen-bond acceptors (Lipinski definition) is 4. The van der Waals surface area contributed by atoms with Crippen molar-refractivity contribution < 1.29 is 9.59 Å². The summed E-state index contributed by atoms with van der Waals surface area (Å²) in [7, 11) is 0. The largest absolute Gasteiger partial charge is 0.362 e. The molecule has 2 aliphatic rings. The van der Waals surface area contributed by atoms with Crippen LogP contribution >= 0.6 is 0 Å². The van der Waals surface area contributed by atoms with E-state index >= 15 is 0 Å². The Morgan fingerprint density at radius 3 is 1.27 bits per heavy atom. The minimum Gasteiger partial charge on any atom is -0.319 e. The van der Waals surface area contributed by atoms with E-state index in [9.17, 15) is 9.59 Å². The first-order valence-electron chi connectivity index (χ1n) is 8.08. The van der Waals surface area contributed by atoms with Crippen molar-refractivity contribution in [2.75, 3.05) is 65.4 Å². The molecule has 2 saturated heterocycles. The molecule has 0 unspecified atom stereocenters. The molecule has 0 N–H and O–H groups in total. The quantitative estimate of drug-likeness (QED) is 0.712. The highest BCUT2D eigenvalue weighted by Crippen LogP contribution is 2.06. The molecule has 8 heteroatoms. The van der Waals surface area contributed by atoms with E-state index in [1.54, 1.807) is 9.80 Å². The van der Waals surface area contributed by atoms with Gasteiger partial charge in [0, 0.05) is 52.4 Å². The van der Waals surface area contributed by atoms with E-state index in [1.165, 1.54) is 0 Å². The van der Waals surface area contributed by atoms with Gasteiger partial charge < -0.3 is 19.6 Å². The van der Waals surface area contributed by atoms with Crippen molar-refractivity contribution in [1.82, 2.24) is 19.6 Å². The van der Waals surface area contributed by atoms with Gasteiger partial charge in [-0.25, -0.2) is 9.59 Å². The highest BCUT2D eigenvalue weighted by Gasteiger charge is 2.22. The number of azo groups is 1. The number of urea groups is 2. The topological polar surface area (TPSA) is 71.8 Å². The van der Waals surface area contributed by atoms with Gasteiger partial charge in [-0.15, -0.1) is 0 Å². The Bertz CT molecular complexity index is 374. The number of amides is 4. The molecular formula is C14H26N6O2. The maximum absolute atomic E-state index is 11.9. The van der Waals surface area contributed by atoms with E-state index in [4.69, 9.17) is 0 Å². The maximum atomic E-state index is 11.9. The van der Waals surface area contributed by atoms with Crippen LogP contribution in [0.1, 0.15) is 13.8 Å². The first kappa shape index (κ1) is 16.8. The minimum absolute atomic E-state index is 0.406. The highest BCUT2D eigenvalue weighted by molar-refractivity contribution is 5.79. The summed E-state index contributed by atoms with van der Waals surface area (Å²) in [4.78, 5) is 31.7. The first-order chi connectivity index (χ1) is 10.6. The second-order valence-corrected chi connectivity index (χ2v) is 5.61. The van der Waals surface area contributed by atoms with Gasteiger partial charge >= 0.3 is 12.1 Å². The number of hydrogen-bond donors (Lipinski definition) is 0. The molecule has 0 aromatic heterocycles. The summed E-state index contributed by atoms with van der Waals surface area (Å²) < 4.78 is 0. The van der Waals surface area contributed by atoms with Crippen LogP contribution < -0.4 is 0 Å². The van der Waals surface area contributed by atoms with Gasteiger partial charge in [-0.05, 0) is 13.1 Å². The number of carbonyl (C=O) groups excluding carboxylic acids is 2. The molecular weight excluding hydrogens is 284 g/mol. The number of likely N-dealkylation sites (N-methyl/N-ethyl adjacent to an activating group) is 2. The molecule has 0 aromatic rings. The van der Waals surface area contributed by atoms with Gasteiger partial charge in [0.1, 0.15) is 0 Å². The fourth-order valence-corrected chi connectivity index (χ4v) is 2.72. The molecule has 0 aromatic carbocycles. The lowest BCUT2D eigenvalue weighted by Crippen LogP contribution is -2.48. The third kappa shape index (κ3) is 4.48. The van der Waals surface area contributed by atoms with Crippen LogP contribution in [0.5, 0.6) is 0 Å². The smallest absolute Gasteiger partial charge is 0.319 e. The summed E-state index contributed by atoms with van der Waals surface area (Å²) in [5, 5.41) is 7.20. The van der Waals surface area contributed by atoms with Crippen LogP contribution in [0.15, 0.2) is 10.2 Å². The maximum Gasteiger partial charge on any atom is 0.362 e. The lowest BCUT2D eigenvalue weighted by atomic mass is 10.3. The summed E-state index contributed by atoms with van der Waals surface area (Å²) >= 11 is 0. The Labute approximate surface area is 131 Å². The lowest BCUT2D eigenvalue weighted by Gasteiger charge is -2.33. The Balaban J connectivity index is 1.76. The Morgan fingerprint density at radius 2 is 1.00 bits per heavy atom. The van der Waals surface area contributed by atoms with Crippen molar-refractivity contribution in [1.29, 1.82) is 0 Å². The van der Waals surface area contributed by atoms with E-state index in [0.29, 0.717) is 26.2 Å². The third-order valence-electron chi connectivity index (χ3n) is 4.40. The molecule has 2 heterocycles. The van der Waals surface area contributed by atoms with Gasteiger partial charge in [0.25, 0.3) is 0 Å². The van der Waals surface area contributed by atoms with Crippen molar-refractivity contribution >= 4 is 12.1 Å². The molecule has 0 atom stereocenters. The van der Waals surface area contributed by atoms with Gasteiger partial charge in [-0.1, -0.05) is 24.1 Å². The first-order valence-corrected chi connectivity index (χ1v) is 8.08. The molecule has 2 aliphatic heterocycles. The number of carbonyl (C=O) groups is 2. The Kier molecular flexibility index (Phi) is 6.26. The van der Waals surface area contributed by atoms with Crippen molar-refractivity contribution in [2.24, 2.45) is 10.2 Å². The summed E-state index contributed by atoms with van der Waals surface area (Å²) in [5.74, 6) is 0. The molecule has 0 bridgehead atoms. The SMILES string of the molecule is CCN1CCN(C(=O)N=NC(=O)N2CCN(CC)CC2)CC1. The predicted molar refractivity (Wildman–Crippen MR) is 83.0 cm³/mol. The zero-order valence-electron chi connectivity index (χ0n) is 13.6. The summed E-state index contributed by atoms with van der Waals surface area (Å²) in [6.45, 7) is 12.2. The van der Waals surface area contributed by atoms with Crippen molar-refractivity contribution in [3.63, 3.8) is 0 Å². The molecule has 8 nitrogen and oxygen atoms in total. The molecule has 0 saturated carbocycles. The van der Waals surface area contributed by atoms with Gasteiger partial charge in [-0.2, -0.15) is 0 Å². The average molecular weight is 310 g/mol. The van der Waals surface area contributed by atoms with Gasteiger partial charge in [0.05, 0.1) is 0 Å². The lowest BCUT2D eigenvalue weighted by molar-refractivity contribution is 0.143. The average Bonchev–Trinajstić information content (AvgIpc) is 2.59. The van der Waals surface area contributed by atoms with Crippen LogP contribution in [0, 0.1) is 0 Å². The van der Waals surface area contributed by atoms with Crippen LogP contribution in [0.2, 0.25) is 0 Å². The van der Waals surface area contributed by atoms with E-state index in [2.05, 4.69) is 33.9 Å². The van der Waals surface area contributed by atoms with E-state index < -0.39 is 12.1 Å². The van der Waals surface area contributed by atoms with Gasteiger partial charge in [0.15, 0.2) is 0 Å². The van der Waals surface area contributed by atoms with Crippen LogP contribution in [0.25, 0.3) is 0 Å². The number of nitrogens with zero attached hydrogens (tertiary/aromatic N) is 6. The fourth-order valence-electron chi connectivity index (χ4n) is 2.72. The van der Waals surface area contributed by atoms with Crippen molar-refractivity contribution in [2.45, 2.75) is 13.8 Å². The highest BCUT2D eigenvalue weighted by atomic mass is 16.2.